The van der Waals surface area contributed by atoms with Crippen LogP contribution in [0.4, 0.5) is 11.4 Å². The van der Waals surface area contributed by atoms with Crippen molar-refractivity contribution in [3.63, 3.8) is 0 Å². The van der Waals surface area contributed by atoms with E-state index in [9.17, 15) is 4.79 Å². The van der Waals surface area contributed by atoms with Gasteiger partial charge in [-0.3, -0.25) is 9.79 Å². The van der Waals surface area contributed by atoms with Gasteiger partial charge in [-0.1, -0.05) is 42.5 Å². The van der Waals surface area contributed by atoms with Crippen LogP contribution in [0.1, 0.15) is 16.7 Å². The Labute approximate surface area is 159 Å². The number of anilines is 1. The highest BCUT2D eigenvalue weighted by Crippen LogP contribution is 2.22. The third kappa shape index (κ3) is 5.05. The molecule has 0 aliphatic rings. The molecule has 1 N–H and O–H groups in total. The standard InChI is InChI=1S/C23H22N2O2/c1-17-9-8-13-21(18(17)2)24-15-19-10-6-7-14-22(19)27-16-23(26)25-20-11-4-3-5-12-20/h3-15H,16H2,1-2H3,(H,25,26). The van der Waals surface area contributed by atoms with E-state index in [1.165, 1.54) is 5.56 Å². The number of aliphatic imine (C=N–C) groups is 1. The summed E-state index contributed by atoms with van der Waals surface area (Å²) in [6.07, 6.45) is 1.77. The Bertz CT molecular complexity index is 950. The van der Waals surface area contributed by atoms with Gasteiger partial charge in [0.1, 0.15) is 5.75 Å². The van der Waals surface area contributed by atoms with Crippen molar-refractivity contribution in [1.82, 2.24) is 0 Å². The molecule has 0 unspecified atom stereocenters. The highest BCUT2D eigenvalue weighted by molar-refractivity contribution is 5.92. The maximum Gasteiger partial charge on any atom is 0.262 e. The Kier molecular flexibility index (Phi) is 6.00. The summed E-state index contributed by atoms with van der Waals surface area (Å²) in [6.45, 7) is 4.05. The van der Waals surface area contributed by atoms with Gasteiger partial charge in [-0.2, -0.15) is 0 Å². The van der Waals surface area contributed by atoms with Crippen molar-refractivity contribution in [3.8, 4) is 5.75 Å². The Balaban J connectivity index is 1.68. The highest BCUT2D eigenvalue weighted by Gasteiger charge is 2.06. The molecule has 0 spiro atoms. The van der Waals surface area contributed by atoms with Crippen LogP contribution >= 0.6 is 0 Å². The number of hydrogen-bond acceptors (Lipinski definition) is 3. The third-order valence-electron chi connectivity index (χ3n) is 4.25. The monoisotopic (exact) mass is 358 g/mol. The summed E-state index contributed by atoms with van der Waals surface area (Å²) in [4.78, 5) is 16.7. The number of ether oxygens (including phenoxy) is 1. The van der Waals surface area contributed by atoms with Gasteiger partial charge in [-0.15, -0.1) is 0 Å². The largest absolute Gasteiger partial charge is 0.483 e. The lowest BCUT2D eigenvalue weighted by atomic mass is 10.1. The Hall–Kier alpha value is -3.40. The average Bonchev–Trinajstić information content (AvgIpc) is 2.69. The van der Waals surface area contributed by atoms with E-state index in [2.05, 4.69) is 30.2 Å². The number of carbonyl (C=O) groups excluding carboxylic acids is 1. The molecule has 1 amide bonds. The smallest absolute Gasteiger partial charge is 0.262 e. The summed E-state index contributed by atoms with van der Waals surface area (Å²) in [5, 5.41) is 2.81. The molecule has 136 valence electrons. The van der Waals surface area contributed by atoms with E-state index in [-0.39, 0.29) is 12.5 Å². The fourth-order valence-electron chi connectivity index (χ4n) is 2.60. The summed E-state index contributed by atoms with van der Waals surface area (Å²) in [5.41, 5.74) is 4.84. The average molecular weight is 358 g/mol. The molecule has 3 rings (SSSR count). The third-order valence-corrected chi connectivity index (χ3v) is 4.25. The summed E-state index contributed by atoms with van der Waals surface area (Å²) in [7, 11) is 0. The molecule has 0 aliphatic heterocycles. The van der Waals surface area contributed by atoms with Gasteiger partial charge >= 0.3 is 0 Å². The lowest BCUT2D eigenvalue weighted by Gasteiger charge is -2.10. The first kappa shape index (κ1) is 18.4. The van der Waals surface area contributed by atoms with E-state index >= 15 is 0 Å². The van der Waals surface area contributed by atoms with Crippen LogP contribution in [0.5, 0.6) is 5.75 Å². The van der Waals surface area contributed by atoms with Crippen LogP contribution in [0.15, 0.2) is 77.8 Å². The van der Waals surface area contributed by atoms with Crippen molar-refractivity contribution < 1.29 is 9.53 Å². The molecule has 0 fully saturated rings. The zero-order valence-corrected chi connectivity index (χ0v) is 15.5. The molecule has 0 saturated heterocycles. The number of para-hydroxylation sites is 2. The van der Waals surface area contributed by atoms with Crippen LogP contribution in [0.25, 0.3) is 0 Å². The SMILES string of the molecule is Cc1cccc(N=Cc2ccccc2OCC(=O)Nc2ccccc2)c1C. The van der Waals surface area contributed by atoms with Gasteiger partial charge in [0, 0.05) is 17.5 Å². The summed E-state index contributed by atoms with van der Waals surface area (Å²) in [5.74, 6) is 0.414. The molecule has 0 heterocycles. The quantitative estimate of drug-likeness (QED) is 0.625. The minimum atomic E-state index is -0.206. The number of hydrogen-bond donors (Lipinski definition) is 1. The topological polar surface area (TPSA) is 50.7 Å². The normalized spacial score (nSPS) is 10.7. The van der Waals surface area contributed by atoms with Crippen LogP contribution in [-0.2, 0) is 4.79 Å². The minimum Gasteiger partial charge on any atom is -0.483 e. The second kappa shape index (κ2) is 8.81. The molecule has 0 atom stereocenters. The van der Waals surface area contributed by atoms with Gasteiger partial charge in [0.25, 0.3) is 5.91 Å². The van der Waals surface area contributed by atoms with E-state index in [1.54, 1.807) is 6.21 Å². The number of rotatable bonds is 6. The molecular weight excluding hydrogens is 336 g/mol. The van der Waals surface area contributed by atoms with Gasteiger partial charge in [0.15, 0.2) is 6.61 Å². The zero-order chi connectivity index (χ0) is 19.1. The van der Waals surface area contributed by atoms with Crippen molar-refractivity contribution >= 4 is 23.5 Å². The minimum absolute atomic E-state index is 0.0662. The van der Waals surface area contributed by atoms with Crippen molar-refractivity contribution in [3.05, 3.63) is 89.5 Å². The van der Waals surface area contributed by atoms with Crippen molar-refractivity contribution in [1.29, 1.82) is 0 Å². The van der Waals surface area contributed by atoms with Crippen molar-refractivity contribution in [2.75, 3.05) is 11.9 Å². The fourth-order valence-corrected chi connectivity index (χ4v) is 2.60. The van der Waals surface area contributed by atoms with Gasteiger partial charge in [0.2, 0.25) is 0 Å². The summed E-state index contributed by atoms with van der Waals surface area (Å²) >= 11 is 0. The molecule has 4 heteroatoms. The number of nitrogens with zero attached hydrogens (tertiary/aromatic N) is 1. The first-order chi connectivity index (χ1) is 13.1. The fraction of sp³-hybridized carbons (Fsp3) is 0.130. The maximum absolute atomic E-state index is 12.1. The number of aryl methyl sites for hydroxylation is 1. The zero-order valence-electron chi connectivity index (χ0n) is 15.5. The molecule has 0 bridgehead atoms. The summed E-state index contributed by atoms with van der Waals surface area (Å²) < 4.78 is 5.71. The van der Waals surface area contributed by atoms with Gasteiger partial charge < -0.3 is 10.1 Å². The molecular formula is C23H22N2O2. The maximum atomic E-state index is 12.1. The first-order valence-electron chi connectivity index (χ1n) is 8.80. The van der Waals surface area contributed by atoms with Crippen LogP contribution in [-0.4, -0.2) is 18.7 Å². The van der Waals surface area contributed by atoms with Crippen LogP contribution < -0.4 is 10.1 Å². The Morgan fingerprint density at radius 2 is 1.70 bits per heavy atom. The van der Waals surface area contributed by atoms with E-state index in [1.807, 2.05) is 66.7 Å². The van der Waals surface area contributed by atoms with E-state index in [4.69, 9.17) is 4.74 Å². The second-order valence-electron chi connectivity index (χ2n) is 6.22. The molecule has 4 nitrogen and oxygen atoms in total. The van der Waals surface area contributed by atoms with Gasteiger partial charge in [-0.05, 0) is 55.3 Å². The molecule has 27 heavy (non-hydrogen) atoms. The number of benzene rings is 3. The van der Waals surface area contributed by atoms with Crippen molar-refractivity contribution in [2.45, 2.75) is 13.8 Å². The molecule has 0 saturated carbocycles. The summed E-state index contributed by atoms with van der Waals surface area (Å²) in [6, 6.07) is 22.9. The van der Waals surface area contributed by atoms with Gasteiger partial charge in [-0.25, -0.2) is 0 Å². The number of nitrogens with one attached hydrogen (secondary N) is 1. The Morgan fingerprint density at radius 3 is 2.52 bits per heavy atom. The van der Waals surface area contributed by atoms with Crippen LogP contribution in [0.3, 0.4) is 0 Å². The molecule has 0 aromatic heterocycles. The number of carbonyl (C=O) groups is 1. The Morgan fingerprint density at radius 1 is 0.963 bits per heavy atom. The molecule has 3 aromatic rings. The van der Waals surface area contributed by atoms with Crippen LogP contribution in [0, 0.1) is 13.8 Å². The highest BCUT2D eigenvalue weighted by atomic mass is 16.5. The molecule has 0 aliphatic carbocycles. The molecule has 3 aromatic carbocycles. The van der Waals surface area contributed by atoms with Gasteiger partial charge in [0.05, 0.1) is 5.69 Å². The van der Waals surface area contributed by atoms with Crippen LogP contribution in [0.2, 0.25) is 0 Å². The molecule has 0 radical (unpaired) electrons. The second-order valence-corrected chi connectivity index (χ2v) is 6.22. The lowest BCUT2D eigenvalue weighted by Crippen LogP contribution is -2.20. The van der Waals surface area contributed by atoms with E-state index < -0.39 is 0 Å². The first-order valence-corrected chi connectivity index (χ1v) is 8.80. The van der Waals surface area contributed by atoms with E-state index in [0.29, 0.717) is 5.75 Å². The van der Waals surface area contributed by atoms with E-state index in [0.717, 1.165) is 22.5 Å². The predicted molar refractivity (Wildman–Crippen MR) is 110 cm³/mol. The lowest BCUT2D eigenvalue weighted by molar-refractivity contribution is -0.118. The predicted octanol–water partition coefficient (Wildman–Crippen LogP) is 5.07. The number of amides is 1. The van der Waals surface area contributed by atoms with Crippen molar-refractivity contribution in [2.24, 2.45) is 4.99 Å².